The van der Waals surface area contributed by atoms with Gasteiger partial charge in [0.15, 0.2) is 0 Å². The minimum absolute atomic E-state index is 0.311. The molecule has 3 rings (SSSR count). The van der Waals surface area contributed by atoms with Crippen molar-refractivity contribution in [1.29, 1.82) is 0 Å². The quantitative estimate of drug-likeness (QED) is 0.819. The van der Waals surface area contributed by atoms with Crippen molar-refractivity contribution in [3.8, 4) is 0 Å². The molecule has 1 amide bonds. The molecule has 2 atom stereocenters. The highest BCUT2D eigenvalue weighted by Crippen LogP contribution is 2.33. The first-order chi connectivity index (χ1) is 8.66. The number of hydrogen-bond acceptors (Lipinski definition) is 2. The summed E-state index contributed by atoms with van der Waals surface area (Å²) in [7, 11) is 0. The van der Waals surface area contributed by atoms with Gasteiger partial charge in [0.05, 0.1) is 12.1 Å². The van der Waals surface area contributed by atoms with Gasteiger partial charge in [0.1, 0.15) is 0 Å². The van der Waals surface area contributed by atoms with Gasteiger partial charge in [0.25, 0.3) is 0 Å². The lowest BCUT2D eigenvalue weighted by Crippen LogP contribution is -2.51. The normalized spacial score (nSPS) is 27.4. The number of amides is 1. The van der Waals surface area contributed by atoms with Crippen LogP contribution in [0.25, 0.3) is 0 Å². The largest absolute Gasteiger partial charge is 0.337 e. The summed E-state index contributed by atoms with van der Waals surface area (Å²) < 4.78 is 0. The number of rotatable bonds is 1. The Bertz CT molecular complexity index is 483. The van der Waals surface area contributed by atoms with Crippen molar-refractivity contribution in [2.75, 3.05) is 13.1 Å². The van der Waals surface area contributed by atoms with Crippen molar-refractivity contribution < 1.29 is 4.79 Å². The van der Waals surface area contributed by atoms with Crippen molar-refractivity contribution in [2.45, 2.75) is 38.8 Å². The van der Waals surface area contributed by atoms with Gasteiger partial charge in [0.2, 0.25) is 5.91 Å². The van der Waals surface area contributed by atoms with Crippen LogP contribution in [-0.2, 0) is 4.79 Å². The van der Waals surface area contributed by atoms with E-state index in [1.54, 1.807) is 0 Å². The van der Waals surface area contributed by atoms with Crippen LogP contribution in [0.5, 0.6) is 0 Å². The Labute approximate surface area is 108 Å². The zero-order chi connectivity index (χ0) is 12.7. The molecule has 96 valence electrons. The molecule has 1 aromatic carbocycles. The second-order valence-corrected chi connectivity index (χ2v) is 5.48. The van der Waals surface area contributed by atoms with Crippen molar-refractivity contribution >= 4 is 5.91 Å². The molecule has 2 aliphatic heterocycles. The summed E-state index contributed by atoms with van der Waals surface area (Å²) in [6.07, 6.45) is 1.71. The number of aryl methyl sites for hydroxylation is 2. The molecule has 0 bridgehead atoms. The molecule has 0 aliphatic carbocycles. The summed E-state index contributed by atoms with van der Waals surface area (Å²) in [6.45, 7) is 6.06. The SMILES string of the molecule is Cc1ccc(C2NCCN3C(=O)CCC23)c(C)c1. The Balaban J connectivity index is 1.93. The van der Waals surface area contributed by atoms with Gasteiger partial charge in [-0.3, -0.25) is 4.79 Å². The maximum absolute atomic E-state index is 11.8. The Morgan fingerprint density at radius 1 is 1.33 bits per heavy atom. The van der Waals surface area contributed by atoms with Crippen molar-refractivity contribution in [2.24, 2.45) is 0 Å². The fraction of sp³-hybridized carbons (Fsp3) is 0.533. The lowest BCUT2D eigenvalue weighted by molar-refractivity contribution is -0.130. The molecule has 0 saturated carbocycles. The average Bonchev–Trinajstić information content (AvgIpc) is 2.72. The fourth-order valence-electron chi connectivity index (χ4n) is 3.36. The fourth-order valence-corrected chi connectivity index (χ4v) is 3.36. The second kappa shape index (κ2) is 4.39. The van der Waals surface area contributed by atoms with E-state index in [9.17, 15) is 4.79 Å². The molecular formula is C15H20N2O. The van der Waals surface area contributed by atoms with Gasteiger partial charge in [-0.05, 0) is 31.4 Å². The van der Waals surface area contributed by atoms with Gasteiger partial charge in [-0.15, -0.1) is 0 Å². The smallest absolute Gasteiger partial charge is 0.223 e. The van der Waals surface area contributed by atoms with E-state index in [0.29, 0.717) is 24.4 Å². The Hall–Kier alpha value is -1.35. The first-order valence-electron chi connectivity index (χ1n) is 6.77. The van der Waals surface area contributed by atoms with Gasteiger partial charge in [-0.2, -0.15) is 0 Å². The van der Waals surface area contributed by atoms with E-state index in [2.05, 4.69) is 42.3 Å². The van der Waals surface area contributed by atoms with Crippen LogP contribution in [-0.4, -0.2) is 29.9 Å². The molecule has 3 heteroatoms. The summed E-state index contributed by atoms with van der Waals surface area (Å²) in [5, 5.41) is 3.59. The summed E-state index contributed by atoms with van der Waals surface area (Å²) in [5.74, 6) is 0.330. The van der Waals surface area contributed by atoms with Gasteiger partial charge in [-0.25, -0.2) is 0 Å². The number of nitrogens with one attached hydrogen (secondary N) is 1. The number of nitrogens with zero attached hydrogens (tertiary/aromatic N) is 1. The maximum Gasteiger partial charge on any atom is 0.223 e. The van der Waals surface area contributed by atoms with E-state index in [-0.39, 0.29) is 0 Å². The summed E-state index contributed by atoms with van der Waals surface area (Å²) >= 11 is 0. The number of hydrogen-bond donors (Lipinski definition) is 1. The maximum atomic E-state index is 11.8. The number of piperazine rings is 1. The molecule has 3 nitrogen and oxygen atoms in total. The second-order valence-electron chi connectivity index (χ2n) is 5.48. The molecule has 2 heterocycles. The topological polar surface area (TPSA) is 32.3 Å². The number of benzene rings is 1. The summed E-state index contributed by atoms with van der Waals surface area (Å²) in [5.41, 5.74) is 3.98. The van der Waals surface area contributed by atoms with E-state index in [4.69, 9.17) is 0 Å². The summed E-state index contributed by atoms with van der Waals surface area (Å²) in [6, 6.07) is 7.28. The third-order valence-electron chi connectivity index (χ3n) is 4.24. The van der Waals surface area contributed by atoms with E-state index in [1.807, 2.05) is 0 Å². The van der Waals surface area contributed by atoms with Gasteiger partial charge in [0, 0.05) is 19.5 Å². The van der Waals surface area contributed by atoms with Gasteiger partial charge in [-0.1, -0.05) is 23.8 Å². The molecule has 0 spiro atoms. The molecule has 2 fully saturated rings. The van der Waals surface area contributed by atoms with Crippen LogP contribution in [0.3, 0.4) is 0 Å². The predicted octanol–water partition coefficient (Wildman–Crippen LogP) is 1.94. The summed E-state index contributed by atoms with van der Waals surface area (Å²) in [4.78, 5) is 13.9. The zero-order valence-electron chi connectivity index (χ0n) is 11.1. The number of carbonyl (C=O) groups excluding carboxylic acids is 1. The molecule has 0 radical (unpaired) electrons. The number of fused-ring (bicyclic) bond motifs is 1. The lowest BCUT2D eigenvalue weighted by Gasteiger charge is -2.38. The monoisotopic (exact) mass is 244 g/mol. The van der Waals surface area contributed by atoms with Crippen molar-refractivity contribution in [3.63, 3.8) is 0 Å². The molecule has 18 heavy (non-hydrogen) atoms. The minimum atomic E-state index is 0.311. The first-order valence-corrected chi connectivity index (χ1v) is 6.77. The van der Waals surface area contributed by atoms with Crippen LogP contribution in [0.1, 0.15) is 35.6 Å². The standard InChI is InChI=1S/C15H20N2O/c1-10-3-4-12(11(2)9-10)15-13-5-6-14(18)17(13)8-7-16-15/h3-4,9,13,15-16H,5-8H2,1-2H3. The van der Waals surface area contributed by atoms with Gasteiger partial charge < -0.3 is 10.2 Å². The molecule has 1 N–H and O–H groups in total. The predicted molar refractivity (Wildman–Crippen MR) is 71.4 cm³/mol. The Morgan fingerprint density at radius 2 is 2.17 bits per heavy atom. The third kappa shape index (κ3) is 1.83. The van der Waals surface area contributed by atoms with Crippen molar-refractivity contribution in [3.05, 3.63) is 34.9 Å². The molecule has 0 aromatic heterocycles. The van der Waals surface area contributed by atoms with Gasteiger partial charge >= 0.3 is 0 Å². The highest BCUT2D eigenvalue weighted by Gasteiger charge is 2.39. The molecule has 1 aromatic rings. The zero-order valence-corrected chi connectivity index (χ0v) is 11.1. The molecular weight excluding hydrogens is 224 g/mol. The third-order valence-corrected chi connectivity index (χ3v) is 4.24. The molecule has 2 unspecified atom stereocenters. The Morgan fingerprint density at radius 3 is 2.94 bits per heavy atom. The van der Waals surface area contributed by atoms with Crippen LogP contribution in [0.15, 0.2) is 18.2 Å². The van der Waals surface area contributed by atoms with E-state index in [1.165, 1.54) is 16.7 Å². The average molecular weight is 244 g/mol. The number of carbonyl (C=O) groups is 1. The van der Waals surface area contributed by atoms with Crippen LogP contribution < -0.4 is 5.32 Å². The van der Waals surface area contributed by atoms with E-state index >= 15 is 0 Å². The first kappa shape index (κ1) is 11.7. The Kier molecular flexibility index (Phi) is 2.86. The van der Waals surface area contributed by atoms with E-state index < -0.39 is 0 Å². The van der Waals surface area contributed by atoms with Crippen LogP contribution in [0.2, 0.25) is 0 Å². The lowest BCUT2D eigenvalue weighted by atomic mass is 9.91. The molecule has 2 saturated heterocycles. The van der Waals surface area contributed by atoms with Crippen molar-refractivity contribution in [1.82, 2.24) is 10.2 Å². The van der Waals surface area contributed by atoms with E-state index in [0.717, 1.165) is 19.5 Å². The highest BCUT2D eigenvalue weighted by atomic mass is 16.2. The molecule has 2 aliphatic rings. The van der Waals surface area contributed by atoms with Crippen LogP contribution in [0.4, 0.5) is 0 Å². The van der Waals surface area contributed by atoms with Crippen LogP contribution >= 0.6 is 0 Å². The van der Waals surface area contributed by atoms with Crippen LogP contribution in [0, 0.1) is 13.8 Å². The highest BCUT2D eigenvalue weighted by molar-refractivity contribution is 5.79. The minimum Gasteiger partial charge on any atom is -0.337 e.